The Morgan fingerprint density at radius 1 is 1.21 bits per heavy atom. The van der Waals surface area contributed by atoms with Crippen molar-refractivity contribution in [3.63, 3.8) is 0 Å². The minimum absolute atomic E-state index is 0.302. The van der Waals surface area contributed by atoms with Crippen LogP contribution in [-0.2, 0) is 26.4 Å². The summed E-state index contributed by atoms with van der Waals surface area (Å²) in [5.74, 6) is 1.18. The molecule has 4 heterocycles. The van der Waals surface area contributed by atoms with E-state index in [0.717, 1.165) is 43.0 Å². The summed E-state index contributed by atoms with van der Waals surface area (Å²) in [6, 6.07) is 6.70. The van der Waals surface area contributed by atoms with E-state index in [9.17, 15) is 4.39 Å². The van der Waals surface area contributed by atoms with Gasteiger partial charge in [0.25, 0.3) is 0 Å². The van der Waals surface area contributed by atoms with Crippen molar-refractivity contribution in [2.75, 3.05) is 11.4 Å². The van der Waals surface area contributed by atoms with Crippen LogP contribution in [0, 0.1) is 12.7 Å². The van der Waals surface area contributed by atoms with Crippen LogP contribution in [0.15, 0.2) is 30.6 Å². The Bertz CT molecular complexity index is 1220. The highest BCUT2D eigenvalue weighted by atomic mass is 19.1. The number of rotatable bonds is 3. The Kier molecular flexibility index (Phi) is 4.08. The molecule has 3 aromatic heterocycles. The molecule has 0 N–H and O–H groups in total. The molecule has 7 nitrogen and oxygen atoms in total. The first-order valence-electron chi connectivity index (χ1n) is 9.82. The molecule has 0 fully saturated rings. The van der Waals surface area contributed by atoms with Gasteiger partial charge in [-0.05, 0) is 25.5 Å². The normalized spacial score (nSPS) is 13.9. The molecule has 0 radical (unpaired) electrons. The Morgan fingerprint density at radius 2 is 2.03 bits per heavy atom. The molecule has 0 aliphatic carbocycles. The van der Waals surface area contributed by atoms with Crippen LogP contribution in [0.3, 0.4) is 0 Å². The predicted molar refractivity (Wildman–Crippen MR) is 108 cm³/mol. The zero-order valence-corrected chi connectivity index (χ0v) is 16.7. The fourth-order valence-corrected chi connectivity index (χ4v) is 4.31. The Hall–Kier alpha value is -3.29. The molecule has 1 aliphatic heterocycles. The van der Waals surface area contributed by atoms with E-state index in [0.29, 0.717) is 17.1 Å². The number of nitrogens with zero attached hydrogens (tertiary/aromatic N) is 7. The first-order valence-corrected chi connectivity index (χ1v) is 9.82. The van der Waals surface area contributed by atoms with Crippen molar-refractivity contribution in [2.45, 2.75) is 33.2 Å². The van der Waals surface area contributed by atoms with Crippen molar-refractivity contribution in [3.8, 4) is 11.3 Å². The van der Waals surface area contributed by atoms with Gasteiger partial charge >= 0.3 is 0 Å². The van der Waals surface area contributed by atoms with Crippen molar-refractivity contribution in [2.24, 2.45) is 7.05 Å². The van der Waals surface area contributed by atoms with Crippen LogP contribution in [0.25, 0.3) is 16.8 Å². The highest BCUT2D eigenvalue weighted by Crippen LogP contribution is 2.34. The number of aryl methyl sites for hydroxylation is 2. The number of aromatic nitrogens is 6. The van der Waals surface area contributed by atoms with Gasteiger partial charge in [-0.25, -0.2) is 18.9 Å². The summed E-state index contributed by atoms with van der Waals surface area (Å²) in [7, 11) is 2.00. The molecule has 0 amide bonds. The molecular formula is C21H22FN7. The Balaban J connectivity index is 1.68. The van der Waals surface area contributed by atoms with Crippen LogP contribution in [0.1, 0.15) is 29.7 Å². The van der Waals surface area contributed by atoms with Crippen molar-refractivity contribution < 1.29 is 4.39 Å². The second-order valence-electron chi connectivity index (χ2n) is 7.35. The SMILES string of the molecule is CCc1c2c(nn1C)CCN(c1ncnn3c(C)nc(-c4ccccc4F)c13)C2. The Labute approximate surface area is 167 Å². The molecule has 0 saturated heterocycles. The van der Waals surface area contributed by atoms with Gasteiger partial charge in [0, 0.05) is 43.4 Å². The number of halogens is 1. The van der Waals surface area contributed by atoms with Crippen molar-refractivity contribution in [3.05, 3.63) is 59.2 Å². The van der Waals surface area contributed by atoms with Gasteiger partial charge in [-0.1, -0.05) is 19.1 Å². The van der Waals surface area contributed by atoms with Crippen LogP contribution < -0.4 is 4.90 Å². The third kappa shape index (κ3) is 2.70. The lowest BCUT2D eigenvalue weighted by Gasteiger charge is -2.28. The van der Waals surface area contributed by atoms with E-state index >= 15 is 0 Å². The van der Waals surface area contributed by atoms with Gasteiger partial charge in [0.15, 0.2) is 5.82 Å². The highest BCUT2D eigenvalue weighted by molar-refractivity contribution is 5.86. The predicted octanol–water partition coefficient (Wildman–Crippen LogP) is 3.10. The zero-order chi connectivity index (χ0) is 20.1. The minimum Gasteiger partial charge on any atom is -0.350 e. The number of imidazole rings is 1. The summed E-state index contributed by atoms with van der Waals surface area (Å²) in [5, 5.41) is 9.06. The maximum Gasteiger partial charge on any atom is 0.159 e. The van der Waals surface area contributed by atoms with Gasteiger partial charge in [0.2, 0.25) is 0 Å². The monoisotopic (exact) mass is 391 g/mol. The largest absolute Gasteiger partial charge is 0.350 e. The van der Waals surface area contributed by atoms with E-state index in [1.165, 1.54) is 17.3 Å². The smallest absolute Gasteiger partial charge is 0.159 e. The first-order chi connectivity index (χ1) is 14.1. The lowest BCUT2D eigenvalue weighted by molar-refractivity contribution is 0.631. The fraction of sp³-hybridized carbons (Fsp3) is 0.333. The number of benzene rings is 1. The maximum absolute atomic E-state index is 14.6. The average molecular weight is 391 g/mol. The van der Waals surface area contributed by atoms with Crippen molar-refractivity contribution in [1.82, 2.24) is 29.4 Å². The van der Waals surface area contributed by atoms with Gasteiger partial charge in [-0.2, -0.15) is 10.2 Å². The molecule has 8 heteroatoms. The number of hydrogen-bond donors (Lipinski definition) is 0. The summed E-state index contributed by atoms with van der Waals surface area (Å²) < 4.78 is 18.3. The van der Waals surface area contributed by atoms with Crippen molar-refractivity contribution in [1.29, 1.82) is 0 Å². The van der Waals surface area contributed by atoms with Crippen LogP contribution in [0.4, 0.5) is 10.2 Å². The van der Waals surface area contributed by atoms with Gasteiger partial charge < -0.3 is 4.90 Å². The first kappa shape index (κ1) is 17.8. The molecule has 0 bridgehead atoms. The molecule has 5 rings (SSSR count). The van der Waals surface area contributed by atoms with Gasteiger partial charge in [0.05, 0.1) is 5.69 Å². The molecule has 1 aliphatic rings. The van der Waals surface area contributed by atoms with E-state index < -0.39 is 0 Å². The second kappa shape index (κ2) is 6.65. The van der Waals surface area contributed by atoms with Gasteiger partial charge in [-0.15, -0.1) is 0 Å². The van der Waals surface area contributed by atoms with Crippen molar-refractivity contribution >= 4 is 11.3 Å². The third-order valence-corrected chi connectivity index (χ3v) is 5.66. The van der Waals surface area contributed by atoms with Crippen LogP contribution in [-0.4, -0.2) is 35.9 Å². The molecule has 29 heavy (non-hydrogen) atoms. The molecule has 0 saturated carbocycles. The molecule has 0 spiro atoms. The number of anilines is 1. The summed E-state index contributed by atoms with van der Waals surface area (Å²) >= 11 is 0. The standard InChI is InChI=1S/C21H22FN7/c1-4-18-15-11-28(10-9-17(15)26-27(18)3)21-20-19(14-7-5-6-8-16(14)22)25-13(2)29(20)24-12-23-21/h5-8,12H,4,9-11H2,1-3H3. The lowest BCUT2D eigenvalue weighted by Crippen LogP contribution is -2.31. The molecule has 4 aromatic rings. The number of hydrogen-bond acceptors (Lipinski definition) is 5. The maximum atomic E-state index is 14.6. The lowest BCUT2D eigenvalue weighted by atomic mass is 10.0. The molecule has 148 valence electrons. The molecule has 1 aromatic carbocycles. The second-order valence-corrected chi connectivity index (χ2v) is 7.35. The van der Waals surface area contributed by atoms with Gasteiger partial charge in [-0.3, -0.25) is 4.68 Å². The number of fused-ring (bicyclic) bond motifs is 2. The molecule has 0 atom stereocenters. The Morgan fingerprint density at radius 3 is 2.83 bits per heavy atom. The van der Waals surface area contributed by atoms with E-state index in [4.69, 9.17) is 0 Å². The van der Waals surface area contributed by atoms with Crippen LogP contribution >= 0.6 is 0 Å². The van der Waals surface area contributed by atoms with Gasteiger partial charge in [0.1, 0.15) is 29.2 Å². The van der Waals surface area contributed by atoms with Crippen LogP contribution in [0.5, 0.6) is 0 Å². The summed E-state index contributed by atoms with van der Waals surface area (Å²) in [6.07, 6.45) is 3.32. The van der Waals surface area contributed by atoms with E-state index in [1.807, 2.05) is 24.7 Å². The van der Waals surface area contributed by atoms with E-state index in [1.54, 1.807) is 23.0 Å². The molecule has 0 unspecified atom stereocenters. The van der Waals surface area contributed by atoms with E-state index in [2.05, 4.69) is 32.0 Å². The average Bonchev–Trinajstić information content (AvgIpc) is 3.23. The van der Waals surface area contributed by atoms with Crippen LogP contribution in [0.2, 0.25) is 0 Å². The third-order valence-electron chi connectivity index (χ3n) is 5.66. The topological polar surface area (TPSA) is 64.1 Å². The van der Waals surface area contributed by atoms with E-state index in [-0.39, 0.29) is 5.82 Å². The summed E-state index contributed by atoms with van der Waals surface area (Å²) in [6.45, 7) is 5.54. The minimum atomic E-state index is -0.302. The quantitative estimate of drug-likeness (QED) is 0.537. The highest BCUT2D eigenvalue weighted by Gasteiger charge is 2.27. The zero-order valence-electron chi connectivity index (χ0n) is 16.7. The fourth-order valence-electron chi connectivity index (χ4n) is 4.31. The summed E-state index contributed by atoms with van der Waals surface area (Å²) in [4.78, 5) is 11.5. The summed E-state index contributed by atoms with van der Waals surface area (Å²) in [5.41, 5.74) is 5.44. The molecular weight excluding hydrogens is 369 g/mol.